The van der Waals surface area contributed by atoms with Crippen LogP contribution in [0.5, 0.6) is 0 Å². The number of unbranched alkanes of at least 4 members (excludes halogenated alkanes) is 3. The molecule has 0 aliphatic carbocycles. The predicted octanol–water partition coefficient (Wildman–Crippen LogP) is 2.80. The molecule has 1 rings (SSSR count). The number of hydrogen-bond donors (Lipinski definition) is 1. The van der Waals surface area contributed by atoms with Crippen molar-refractivity contribution in [1.29, 1.82) is 0 Å². The lowest BCUT2D eigenvalue weighted by Crippen LogP contribution is -2.38. The summed E-state index contributed by atoms with van der Waals surface area (Å²) in [6.07, 6.45) is 10.1. The highest BCUT2D eigenvalue weighted by molar-refractivity contribution is 5.92. The number of amides is 2. The van der Waals surface area contributed by atoms with E-state index >= 15 is 0 Å². The van der Waals surface area contributed by atoms with Gasteiger partial charge in [-0.1, -0.05) is 33.1 Å². The first-order valence-corrected chi connectivity index (χ1v) is 8.93. The van der Waals surface area contributed by atoms with E-state index in [1.165, 1.54) is 12.4 Å². The molecule has 134 valence electrons. The Hall–Kier alpha value is -1.98. The van der Waals surface area contributed by atoms with E-state index in [4.69, 9.17) is 0 Å². The molecule has 0 bridgehead atoms. The number of carbonyl (C=O) groups excluding carboxylic acids is 2. The van der Waals surface area contributed by atoms with Crippen molar-refractivity contribution in [2.24, 2.45) is 0 Å². The number of aromatic nitrogens is 2. The van der Waals surface area contributed by atoms with Gasteiger partial charge in [0.15, 0.2) is 0 Å². The van der Waals surface area contributed by atoms with Crippen LogP contribution in [0.15, 0.2) is 18.6 Å². The Morgan fingerprint density at radius 1 is 1.17 bits per heavy atom. The molecule has 0 aliphatic heterocycles. The number of nitrogens with one attached hydrogen (secondary N) is 1. The summed E-state index contributed by atoms with van der Waals surface area (Å²) in [5, 5.41) is 2.94. The molecule has 0 saturated carbocycles. The van der Waals surface area contributed by atoms with E-state index in [-0.39, 0.29) is 17.9 Å². The molecule has 0 aliphatic rings. The van der Waals surface area contributed by atoms with Crippen molar-refractivity contribution in [2.75, 3.05) is 13.1 Å². The second-order valence-corrected chi connectivity index (χ2v) is 6.07. The van der Waals surface area contributed by atoms with Gasteiger partial charge in [0.05, 0.1) is 6.20 Å². The maximum atomic E-state index is 12.6. The summed E-state index contributed by atoms with van der Waals surface area (Å²) in [7, 11) is 0. The summed E-state index contributed by atoms with van der Waals surface area (Å²) in [6, 6.07) is 0.159. The van der Waals surface area contributed by atoms with Gasteiger partial charge in [-0.2, -0.15) is 0 Å². The molecule has 0 radical (unpaired) electrons. The number of hydrogen-bond acceptors (Lipinski definition) is 4. The van der Waals surface area contributed by atoms with Crippen LogP contribution in [0.2, 0.25) is 0 Å². The molecule has 1 aromatic heterocycles. The fourth-order valence-electron chi connectivity index (χ4n) is 2.30. The lowest BCUT2D eigenvalue weighted by atomic mass is 10.2. The second-order valence-electron chi connectivity index (χ2n) is 6.07. The van der Waals surface area contributed by atoms with E-state index in [9.17, 15) is 9.59 Å². The minimum atomic E-state index is -0.157. The van der Waals surface area contributed by atoms with Gasteiger partial charge >= 0.3 is 0 Å². The SMILES string of the molecule is CCCCCCN(CCC(=O)N[C@@H](C)CC)C(=O)c1cnccn1. The third kappa shape index (κ3) is 7.53. The molecule has 0 unspecified atom stereocenters. The van der Waals surface area contributed by atoms with Gasteiger partial charge in [-0.05, 0) is 19.8 Å². The van der Waals surface area contributed by atoms with Crippen LogP contribution in [0.1, 0.15) is 69.8 Å². The summed E-state index contributed by atoms with van der Waals surface area (Å²) in [4.78, 5) is 34.3. The van der Waals surface area contributed by atoms with E-state index in [2.05, 4.69) is 22.2 Å². The topological polar surface area (TPSA) is 75.2 Å². The van der Waals surface area contributed by atoms with Crippen molar-refractivity contribution in [1.82, 2.24) is 20.2 Å². The molecule has 0 saturated heterocycles. The van der Waals surface area contributed by atoms with Gasteiger partial charge in [0.25, 0.3) is 5.91 Å². The molecule has 1 heterocycles. The molecular formula is C18H30N4O2. The molecule has 0 spiro atoms. The fraction of sp³-hybridized carbons (Fsp3) is 0.667. The summed E-state index contributed by atoms with van der Waals surface area (Å²) < 4.78 is 0. The Morgan fingerprint density at radius 3 is 2.58 bits per heavy atom. The van der Waals surface area contributed by atoms with Gasteiger partial charge in [-0.25, -0.2) is 4.98 Å². The molecule has 6 heteroatoms. The van der Waals surface area contributed by atoms with Crippen LogP contribution in [0.25, 0.3) is 0 Å². The summed E-state index contributed by atoms with van der Waals surface area (Å²) >= 11 is 0. The first-order valence-electron chi connectivity index (χ1n) is 8.93. The van der Waals surface area contributed by atoms with Gasteiger partial charge in [-0.3, -0.25) is 14.6 Å². The first kappa shape index (κ1) is 20.1. The average molecular weight is 334 g/mol. The smallest absolute Gasteiger partial charge is 0.274 e. The maximum absolute atomic E-state index is 12.6. The molecule has 6 nitrogen and oxygen atoms in total. The lowest BCUT2D eigenvalue weighted by molar-refractivity contribution is -0.121. The fourth-order valence-corrected chi connectivity index (χ4v) is 2.30. The predicted molar refractivity (Wildman–Crippen MR) is 94.6 cm³/mol. The molecule has 2 amide bonds. The molecule has 24 heavy (non-hydrogen) atoms. The summed E-state index contributed by atoms with van der Waals surface area (Å²) in [5.41, 5.74) is 0.329. The number of nitrogens with zero attached hydrogens (tertiary/aromatic N) is 3. The van der Waals surface area contributed by atoms with Crippen molar-refractivity contribution in [3.63, 3.8) is 0 Å². The van der Waals surface area contributed by atoms with Gasteiger partial charge in [0, 0.05) is 37.9 Å². The zero-order chi connectivity index (χ0) is 17.8. The largest absolute Gasteiger partial charge is 0.354 e. The molecule has 1 atom stereocenters. The van der Waals surface area contributed by atoms with Crippen LogP contribution in [0.4, 0.5) is 0 Å². The Labute approximate surface area is 145 Å². The Morgan fingerprint density at radius 2 is 1.96 bits per heavy atom. The van der Waals surface area contributed by atoms with E-state index < -0.39 is 0 Å². The summed E-state index contributed by atoms with van der Waals surface area (Å²) in [5.74, 6) is -0.175. The van der Waals surface area contributed by atoms with Crippen LogP contribution < -0.4 is 5.32 Å². The first-order chi connectivity index (χ1) is 11.6. The second kappa shape index (κ2) is 11.5. The highest BCUT2D eigenvalue weighted by Gasteiger charge is 2.18. The maximum Gasteiger partial charge on any atom is 0.274 e. The Kier molecular flexibility index (Phi) is 9.65. The van der Waals surface area contributed by atoms with Crippen molar-refractivity contribution in [2.45, 2.75) is 65.3 Å². The van der Waals surface area contributed by atoms with Gasteiger partial charge < -0.3 is 10.2 Å². The van der Waals surface area contributed by atoms with Gasteiger partial charge in [0.2, 0.25) is 5.91 Å². The average Bonchev–Trinajstić information content (AvgIpc) is 2.61. The monoisotopic (exact) mass is 334 g/mol. The quantitative estimate of drug-likeness (QED) is 0.631. The Bertz CT molecular complexity index is 493. The standard InChI is InChI=1S/C18H30N4O2/c1-4-6-7-8-12-22(13-9-17(23)21-15(3)5-2)18(24)16-14-19-10-11-20-16/h10-11,14-15H,4-9,12-13H2,1-3H3,(H,21,23)/t15-/m0/s1. The van der Waals surface area contributed by atoms with Crippen molar-refractivity contribution in [3.05, 3.63) is 24.3 Å². The molecule has 1 N–H and O–H groups in total. The highest BCUT2D eigenvalue weighted by Crippen LogP contribution is 2.06. The third-order valence-electron chi connectivity index (χ3n) is 3.98. The zero-order valence-electron chi connectivity index (χ0n) is 15.1. The van der Waals surface area contributed by atoms with Crippen LogP contribution in [0.3, 0.4) is 0 Å². The minimum Gasteiger partial charge on any atom is -0.354 e. The van der Waals surface area contributed by atoms with E-state index in [1.807, 2.05) is 13.8 Å². The molecular weight excluding hydrogens is 304 g/mol. The van der Waals surface area contributed by atoms with E-state index in [0.29, 0.717) is 25.2 Å². The van der Waals surface area contributed by atoms with Gasteiger partial charge in [0.1, 0.15) is 5.69 Å². The van der Waals surface area contributed by atoms with Crippen molar-refractivity contribution >= 4 is 11.8 Å². The number of rotatable bonds is 11. The zero-order valence-corrected chi connectivity index (χ0v) is 15.1. The van der Waals surface area contributed by atoms with Crippen molar-refractivity contribution < 1.29 is 9.59 Å². The van der Waals surface area contributed by atoms with Gasteiger partial charge in [-0.15, -0.1) is 0 Å². The lowest BCUT2D eigenvalue weighted by Gasteiger charge is -2.22. The minimum absolute atomic E-state index is 0.0187. The van der Waals surface area contributed by atoms with E-state index in [1.54, 1.807) is 11.1 Å². The van der Waals surface area contributed by atoms with Crippen LogP contribution in [-0.4, -0.2) is 45.8 Å². The van der Waals surface area contributed by atoms with Crippen LogP contribution in [0, 0.1) is 0 Å². The van der Waals surface area contributed by atoms with Crippen molar-refractivity contribution in [3.8, 4) is 0 Å². The van der Waals surface area contributed by atoms with E-state index in [0.717, 1.165) is 32.1 Å². The third-order valence-corrected chi connectivity index (χ3v) is 3.98. The molecule has 0 aromatic carbocycles. The van der Waals surface area contributed by atoms with Crippen LogP contribution in [-0.2, 0) is 4.79 Å². The normalized spacial score (nSPS) is 11.8. The number of carbonyl (C=O) groups is 2. The molecule has 0 fully saturated rings. The Balaban J connectivity index is 2.60. The summed E-state index contributed by atoms with van der Waals surface area (Å²) in [6.45, 7) is 7.21. The highest BCUT2D eigenvalue weighted by atomic mass is 16.2. The molecule has 1 aromatic rings. The van der Waals surface area contributed by atoms with Crippen LogP contribution >= 0.6 is 0 Å².